The molecule has 0 aromatic heterocycles. The van der Waals surface area contributed by atoms with Crippen LogP contribution in [-0.4, -0.2) is 29.3 Å². The van der Waals surface area contributed by atoms with Gasteiger partial charge in [0.1, 0.15) is 17.2 Å². The van der Waals surface area contributed by atoms with Crippen molar-refractivity contribution in [3.8, 4) is 0 Å². The summed E-state index contributed by atoms with van der Waals surface area (Å²) in [5.74, 6) is -0.478. The number of hydrogen-bond donors (Lipinski definition) is 1. The van der Waals surface area contributed by atoms with Gasteiger partial charge in [-0.25, -0.2) is 9.59 Å². The zero-order chi connectivity index (χ0) is 18.5. The highest BCUT2D eigenvalue weighted by Crippen LogP contribution is 2.13. The Labute approximate surface area is 144 Å². The van der Waals surface area contributed by atoms with Crippen molar-refractivity contribution < 1.29 is 19.1 Å². The van der Waals surface area contributed by atoms with Gasteiger partial charge in [0.2, 0.25) is 0 Å². The van der Waals surface area contributed by atoms with E-state index in [1.165, 1.54) is 0 Å². The van der Waals surface area contributed by atoms with E-state index in [9.17, 15) is 9.59 Å². The number of carbonyl (C=O) groups is 2. The minimum Gasteiger partial charge on any atom is -0.458 e. The predicted octanol–water partition coefficient (Wildman–Crippen LogP) is 3.77. The Morgan fingerprint density at radius 3 is 1.92 bits per heavy atom. The molecule has 0 aliphatic heterocycles. The highest BCUT2D eigenvalue weighted by molar-refractivity contribution is 5.82. The molecule has 1 atom stereocenters. The minimum atomic E-state index is -0.804. The molecule has 0 radical (unpaired) electrons. The molecule has 0 aliphatic rings. The summed E-state index contributed by atoms with van der Waals surface area (Å²) in [6.45, 7) is 12.7. The van der Waals surface area contributed by atoms with E-state index in [2.05, 4.69) is 5.32 Å². The monoisotopic (exact) mass is 335 g/mol. The van der Waals surface area contributed by atoms with Gasteiger partial charge in [-0.05, 0) is 54.0 Å². The molecule has 134 valence electrons. The van der Waals surface area contributed by atoms with Gasteiger partial charge in [-0.3, -0.25) is 0 Å². The summed E-state index contributed by atoms with van der Waals surface area (Å²) in [6.07, 6.45) is -0.292. The fraction of sp³-hybridized carbons (Fsp3) is 0.579. The van der Waals surface area contributed by atoms with Crippen LogP contribution in [0.15, 0.2) is 24.3 Å². The van der Waals surface area contributed by atoms with E-state index in [0.29, 0.717) is 6.42 Å². The van der Waals surface area contributed by atoms with Crippen LogP contribution in [0.25, 0.3) is 0 Å². The Kier molecular flexibility index (Phi) is 6.41. The molecule has 1 amide bonds. The maximum atomic E-state index is 12.4. The summed E-state index contributed by atoms with van der Waals surface area (Å²) >= 11 is 0. The number of esters is 1. The van der Waals surface area contributed by atoms with Gasteiger partial charge < -0.3 is 14.8 Å². The lowest BCUT2D eigenvalue weighted by molar-refractivity contribution is -0.157. The van der Waals surface area contributed by atoms with E-state index >= 15 is 0 Å². The number of aryl methyl sites for hydroxylation is 1. The zero-order valence-electron chi connectivity index (χ0n) is 15.7. The molecule has 0 saturated heterocycles. The van der Waals surface area contributed by atoms with Crippen molar-refractivity contribution in [2.75, 3.05) is 0 Å². The molecule has 1 N–H and O–H groups in total. The Morgan fingerprint density at radius 1 is 0.958 bits per heavy atom. The molecule has 0 bridgehead atoms. The second kappa shape index (κ2) is 7.69. The molecule has 0 heterocycles. The van der Waals surface area contributed by atoms with Crippen molar-refractivity contribution in [1.29, 1.82) is 0 Å². The van der Waals surface area contributed by atoms with Crippen LogP contribution in [0.3, 0.4) is 0 Å². The predicted molar refractivity (Wildman–Crippen MR) is 93.9 cm³/mol. The minimum absolute atomic E-state index is 0.342. The Hall–Kier alpha value is -2.04. The molecule has 0 spiro atoms. The van der Waals surface area contributed by atoms with E-state index in [-0.39, 0.29) is 0 Å². The number of nitrogens with one attached hydrogen (secondary N) is 1. The summed E-state index contributed by atoms with van der Waals surface area (Å²) in [5.41, 5.74) is 0.810. The fourth-order valence-electron chi connectivity index (χ4n) is 1.98. The topological polar surface area (TPSA) is 64.6 Å². The van der Waals surface area contributed by atoms with E-state index in [1.54, 1.807) is 41.5 Å². The number of ether oxygens (including phenoxy) is 2. The summed E-state index contributed by atoms with van der Waals surface area (Å²) in [4.78, 5) is 24.5. The van der Waals surface area contributed by atoms with Gasteiger partial charge in [-0.15, -0.1) is 0 Å². The normalized spacial score (nSPS) is 13.1. The van der Waals surface area contributed by atoms with E-state index in [1.807, 2.05) is 31.2 Å². The van der Waals surface area contributed by atoms with Gasteiger partial charge in [0.15, 0.2) is 0 Å². The van der Waals surface area contributed by atoms with Crippen molar-refractivity contribution in [1.82, 2.24) is 5.32 Å². The van der Waals surface area contributed by atoms with Crippen molar-refractivity contribution in [2.24, 2.45) is 0 Å². The van der Waals surface area contributed by atoms with Gasteiger partial charge in [-0.1, -0.05) is 29.8 Å². The van der Waals surface area contributed by atoms with Gasteiger partial charge in [0.05, 0.1) is 0 Å². The smallest absolute Gasteiger partial charge is 0.408 e. The van der Waals surface area contributed by atoms with Crippen LogP contribution < -0.4 is 5.32 Å². The molecule has 5 nitrogen and oxygen atoms in total. The standard InChI is InChI=1S/C19H29NO4/c1-13-8-10-14(11-9-13)12-15(16(21)23-18(2,3)4)20-17(22)24-19(5,6)7/h8-11,15H,12H2,1-7H3,(H,20,22). The van der Waals surface area contributed by atoms with Gasteiger partial charge in [0.25, 0.3) is 0 Å². The van der Waals surface area contributed by atoms with Crippen LogP contribution in [-0.2, 0) is 20.7 Å². The quantitative estimate of drug-likeness (QED) is 0.851. The average molecular weight is 335 g/mol. The highest BCUT2D eigenvalue weighted by Gasteiger charge is 2.28. The van der Waals surface area contributed by atoms with Crippen molar-refractivity contribution in [2.45, 2.75) is 72.1 Å². The van der Waals surface area contributed by atoms with Crippen LogP contribution in [0.2, 0.25) is 0 Å². The first-order valence-corrected chi connectivity index (χ1v) is 8.14. The third-order valence-electron chi connectivity index (χ3n) is 2.94. The summed E-state index contributed by atoms with van der Waals surface area (Å²) in [7, 11) is 0. The molecule has 0 saturated carbocycles. The molecule has 1 unspecified atom stereocenters. The van der Waals surface area contributed by atoms with Crippen LogP contribution in [0.5, 0.6) is 0 Å². The van der Waals surface area contributed by atoms with Crippen LogP contribution in [0.4, 0.5) is 4.79 Å². The summed E-state index contributed by atoms with van der Waals surface area (Å²) in [5, 5.41) is 2.62. The zero-order valence-corrected chi connectivity index (χ0v) is 15.7. The Balaban J connectivity index is 2.88. The highest BCUT2D eigenvalue weighted by atomic mass is 16.6. The maximum absolute atomic E-state index is 12.4. The van der Waals surface area contributed by atoms with Gasteiger partial charge in [0, 0.05) is 6.42 Å². The molecule has 1 rings (SSSR count). The molecule has 1 aromatic carbocycles. The average Bonchev–Trinajstić information content (AvgIpc) is 2.36. The molecular formula is C19H29NO4. The van der Waals surface area contributed by atoms with Crippen LogP contribution >= 0.6 is 0 Å². The fourth-order valence-corrected chi connectivity index (χ4v) is 1.98. The number of carbonyl (C=O) groups excluding carboxylic acids is 2. The molecular weight excluding hydrogens is 306 g/mol. The Morgan fingerprint density at radius 2 is 1.46 bits per heavy atom. The molecule has 5 heteroatoms. The number of hydrogen-bond acceptors (Lipinski definition) is 4. The van der Waals surface area contributed by atoms with Gasteiger partial charge >= 0.3 is 12.1 Å². The Bertz CT molecular complexity index is 565. The van der Waals surface area contributed by atoms with Crippen molar-refractivity contribution in [3.05, 3.63) is 35.4 Å². The first kappa shape index (κ1) is 20.0. The first-order chi connectivity index (χ1) is 10.9. The van der Waals surface area contributed by atoms with E-state index < -0.39 is 29.3 Å². The maximum Gasteiger partial charge on any atom is 0.408 e. The van der Waals surface area contributed by atoms with Gasteiger partial charge in [-0.2, -0.15) is 0 Å². The molecule has 24 heavy (non-hydrogen) atoms. The first-order valence-electron chi connectivity index (χ1n) is 8.14. The SMILES string of the molecule is Cc1ccc(CC(NC(=O)OC(C)(C)C)C(=O)OC(C)(C)C)cc1. The molecule has 0 aliphatic carbocycles. The lowest BCUT2D eigenvalue weighted by atomic mass is 10.0. The lowest BCUT2D eigenvalue weighted by Gasteiger charge is -2.26. The summed E-state index contributed by atoms with van der Waals surface area (Å²) < 4.78 is 10.7. The second-order valence-corrected chi connectivity index (χ2v) is 7.92. The third kappa shape index (κ3) is 7.99. The van der Waals surface area contributed by atoms with E-state index in [4.69, 9.17) is 9.47 Å². The number of alkyl carbamates (subject to hydrolysis) is 1. The summed E-state index contributed by atoms with van der Waals surface area (Å²) in [6, 6.07) is 7.00. The number of benzene rings is 1. The van der Waals surface area contributed by atoms with Crippen LogP contribution in [0, 0.1) is 6.92 Å². The van der Waals surface area contributed by atoms with Crippen LogP contribution in [0.1, 0.15) is 52.7 Å². The van der Waals surface area contributed by atoms with E-state index in [0.717, 1.165) is 11.1 Å². The third-order valence-corrected chi connectivity index (χ3v) is 2.94. The second-order valence-electron chi connectivity index (χ2n) is 7.92. The molecule has 0 fully saturated rings. The van der Waals surface area contributed by atoms with Crippen molar-refractivity contribution in [3.63, 3.8) is 0 Å². The molecule has 1 aromatic rings. The number of rotatable bonds is 4. The lowest BCUT2D eigenvalue weighted by Crippen LogP contribution is -2.47. The number of amides is 1. The largest absolute Gasteiger partial charge is 0.458 e. The van der Waals surface area contributed by atoms with Crippen molar-refractivity contribution >= 4 is 12.1 Å².